The predicted octanol–water partition coefficient (Wildman–Crippen LogP) is 2.26. The molecule has 2 aromatic heterocycles. The summed E-state index contributed by atoms with van der Waals surface area (Å²) in [5.74, 6) is 0.846. The molecule has 3 heterocycles. The van der Waals surface area contributed by atoms with Gasteiger partial charge in [-0.05, 0) is 57.3 Å². The average molecular weight is 287 g/mol. The van der Waals surface area contributed by atoms with Crippen molar-refractivity contribution in [3.05, 3.63) is 29.7 Å². The second-order valence-corrected chi connectivity index (χ2v) is 5.70. The van der Waals surface area contributed by atoms with Gasteiger partial charge in [-0.25, -0.2) is 4.98 Å². The first-order valence-corrected chi connectivity index (χ1v) is 7.58. The Labute approximate surface area is 124 Å². The van der Waals surface area contributed by atoms with E-state index in [-0.39, 0.29) is 5.91 Å². The van der Waals surface area contributed by atoms with E-state index in [0.29, 0.717) is 23.8 Å². The molecule has 0 radical (unpaired) electrons. The van der Waals surface area contributed by atoms with Crippen LogP contribution in [-0.4, -0.2) is 30.5 Å². The smallest absolute Gasteiger partial charge is 0.287 e. The van der Waals surface area contributed by atoms with Crippen molar-refractivity contribution in [1.29, 1.82) is 0 Å². The molecule has 0 saturated carbocycles. The van der Waals surface area contributed by atoms with Crippen LogP contribution in [0.3, 0.4) is 0 Å². The summed E-state index contributed by atoms with van der Waals surface area (Å²) >= 11 is 0. The lowest BCUT2D eigenvalue weighted by Gasteiger charge is -2.22. The van der Waals surface area contributed by atoms with Crippen molar-refractivity contribution in [1.82, 2.24) is 15.6 Å². The first-order valence-electron chi connectivity index (χ1n) is 7.58. The Kier molecular flexibility index (Phi) is 4.20. The van der Waals surface area contributed by atoms with Crippen LogP contribution in [0.1, 0.15) is 35.5 Å². The van der Waals surface area contributed by atoms with Crippen molar-refractivity contribution >= 4 is 17.0 Å². The van der Waals surface area contributed by atoms with Gasteiger partial charge in [-0.15, -0.1) is 0 Å². The highest BCUT2D eigenvalue weighted by molar-refractivity contribution is 5.95. The lowest BCUT2D eigenvalue weighted by Crippen LogP contribution is -2.33. The molecule has 5 nitrogen and oxygen atoms in total. The number of nitrogens with zero attached hydrogens (tertiary/aromatic N) is 1. The number of hydrogen-bond acceptors (Lipinski definition) is 4. The van der Waals surface area contributed by atoms with Gasteiger partial charge in [0.15, 0.2) is 11.3 Å². The lowest BCUT2D eigenvalue weighted by atomic mass is 9.96. The molecule has 1 atom stereocenters. The van der Waals surface area contributed by atoms with Crippen LogP contribution in [0.15, 0.2) is 22.6 Å². The van der Waals surface area contributed by atoms with Crippen LogP contribution in [0.4, 0.5) is 0 Å². The van der Waals surface area contributed by atoms with Crippen LogP contribution in [-0.2, 0) is 0 Å². The van der Waals surface area contributed by atoms with Crippen molar-refractivity contribution in [2.75, 3.05) is 19.6 Å². The fourth-order valence-electron chi connectivity index (χ4n) is 2.79. The van der Waals surface area contributed by atoms with Crippen molar-refractivity contribution in [3.8, 4) is 0 Å². The molecule has 1 amide bonds. The maximum atomic E-state index is 12.1. The van der Waals surface area contributed by atoms with E-state index < -0.39 is 0 Å². The number of nitrogens with one attached hydrogen (secondary N) is 2. The minimum Gasteiger partial charge on any atom is -0.449 e. The molecule has 1 fully saturated rings. The van der Waals surface area contributed by atoms with E-state index in [2.05, 4.69) is 15.6 Å². The van der Waals surface area contributed by atoms with Gasteiger partial charge < -0.3 is 15.1 Å². The Morgan fingerprint density at radius 3 is 3.24 bits per heavy atom. The van der Waals surface area contributed by atoms with Gasteiger partial charge in [-0.1, -0.05) is 0 Å². The largest absolute Gasteiger partial charge is 0.449 e. The summed E-state index contributed by atoms with van der Waals surface area (Å²) in [4.78, 5) is 16.4. The average Bonchev–Trinajstić information content (AvgIpc) is 2.91. The van der Waals surface area contributed by atoms with Crippen molar-refractivity contribution in [2.24, 2.45) is 5.92 Å². The zero-order valence-corrected chi connectivity index (χ0v) is 12.3. The fourth-order valence-corrected chi connectivity index (χ4v) is 2.79. The topological polar surface area (TPSA) is 67.2 Å². The molecule has 21 heavy (non-hydrogen) atoms. The molecule has 112 valence electrons. The van der Waals surface area contributed by atoms with Crippen molar-refractivity contribution in [2.45, 2.75) is 26.2 Å². The van der Waals surface area contributed by atoms with E-state index in [9.17, 15) is 4.79 Å². The number of carbonyl (C=O) groups is 1. The number of pyridine rings is 1. The molecule has 3 rings (SSSR count). The SMILES string of the molecule is Cc1ccc2oc(C(=O)NCCC3CCCNC3)cc2n1. The Morgan fingerprint density at radius 1 is 1.52 bits per heavy atom. The third-order valence-electron chi connectivity index (χ3n) is 3.97. The van der Waals surface area contributed by atoms with E-state index in [0.717, 1.165) is 30.7 Å². The van der Waals surface area contributed by atoms with Gasteiger partial charge in [0.2, 0.25) is 0 Å². The Hall–Kier alpha value is -1.88. The second kappa shape index (κ2) is 6.26. The fraction of sp³-hybridized carbons (Fsp3) is 0.500. The number of amides is 1. The molecule has 1 saturated heterocycles. The molecular weight excluding hydrogens is 266 g/mol. The number of rotatable bonds is 4. The molecule has 1 unspecified atom stereocenters. The van der Waals surface area contributed by atoms with E-state index in [1.54, 1.807) is 6.07 Å². The summed E-state index contributed by atoms with van der Waals surface area (Å²) in [6, 6.07) is 5.44. The van der Waals surface area contributed by atoms with Gasteiger partial charge in [0, 0.05) is 18.3 Å². The Bertz CT molecular complexity index is 629. The van der Waals surface area contributed by atoms with Crippen LogP contribution in [0, 0.1) is 12.8 Å². The molecule has 0 aliphatic carbocycles. The monoisotopic (exact) mass is 287 g/mol. The summed E-state index contributed by atoms with van der Waals surface area (Å²) in [7, 11) is 0. The van der Waals surface area contributed by atoms with Gasteiger partial charge in [0.05, 0.1) is 0 Å². The van der Waals surface area contributed by atoms with Crippen LogP contribution in [0.25, 0.3) is 11.1 Å². The van der Waals surface area contributed by atoms with Crippen LogP contribution in [0.2, 0.25) is 0 Å². The maximum Gasteiger partial charge on any atom is 0.287 e. The number of piperidine rings is 1. The zero-order chi connectivity index (χ0) is 14.7. The minimum absolute atomic E-state index is 0.158. The van der Waals surface area contributed by atoms with E-state index >= 15 is 0 Å². The lowest BCUT2D eigenvalue weighted by molar-refractivity contribution is 0.0925. The standard InChI is InChI=1S/C16H21N3O2/c1-11-4-5-14-13(19-11)9-15(21-14)16(20)18-8-6-12-3-2-7-17-10-12/h4-5,9,12,17H,2-3,6-8,10H2,1H3,(H,18,20). The van der Waals surface area contributed by atoms with Crippen molar-refractivity contribution < 1.29 is 9.21 Å². The molecule has 0 bridgehead atoms. The number of aromatic nitrogens is 1. The number of aryl methyl sites for hydroxylation is 1. The first kappa shape index (κ1) is 14.1. The first-order chi connectivity index (χ1) is 10.2. The minimum atomic E-state index is -0.158. The molecule has 2 aromatic rings. The summed E-state index contributed by atoms with van der Waals surface area (Å²) in [5.41, 5.74) is 2.30. The normalized spacial score (nSPS) is 18.8. The highest BCUT2D eigenvalue weighted by atomic mass is 16.3. The third-order valence-corrected chi connectivity index (χ3v) is 3.97. The molecule has 5 heteroatoms. The number of furan rings is 1. The number of hydrogen-bond donors (Lipinski definition) is 2. The zero-order valence-electron chi connectivity index (χ0n) is 12.3. The molecule has 1 aliphatic heterocycles. The highest BCUT2D eigenvalue weighted by Crippen LogP contribution is 2.18. The van der Waals surface area contributed by atoms with E-state index in [4.69, 9.17) is 4.42 Å². The highest BCUT2D eigenvalue weighted by Gasteiger charge is 2.15. The quantitative estimate of drug-likeness (QED) is 0.905. The molecule has 0 spiro atoms. The van der Waals surface area contributed by atoms with Gasteiger partial charge in [-0.2, -0.15) is 0 Å². The van der Waals surface area contributed by atoms with Crippen molar-refractivity contribution in [3.63, 3.8) is 0 Å². The maximum absolute atomic E-state index is 12.1. The predicted molar refractivity (Wildman–Crippen MR) is 81.3 cm³/mol. The van der Waals surface area contributed by atoms with Gasteiger partial charge in [0.25, 0.3) is 5.91 Å². The molecule has 0 aromatic carbocycles. The third kappa shape index (κ3) is 3.42. The number of carbonyl (C=O) groups excluding carboxylic acids is 1. The second-order valence-electron chi connectivity index (χ2n) is 5.70. The van der Waals surface area contributed by atoms with Gasteiger partial charge in [0.1, 0.15) is 5.52 Å². The summed E-state index contributed by atoms with van der Waals surface area (Å²) in [6.45, 7) is 4.79. The summed E-state index contributed by atoms with van der Waals surface area (Å²) < 4.78 is 5.54. The van der Waals surface area contributed by atoms with Crippen LogP contribution < -0.4 is 10.6 Å². The van der Waals surface area contributed by atoms with Crippen LogP contribution >= 0.6 is 0 Å². The Morgan fingerprint density at radius 2 is 2.43 bits per heavy atom. The van der Waals surface area contributed by atoms with Crippen LogP contribution in [0.5, 0.6) is 0 Å². The summed E-state index contributed by atoms with van der Waals surface area (Å²) in [6.07, 6.45) is 3.49. The van der Waals surface area contributed by atoms with Gasteiger partial charge >= 0.3 is 0 Å². The Balaban J connectivity index is 1.56. The van der Waals surface area contributed by atoms with Gasteiger partial charge in [-0.3, -0.25) is 4.79 Å². The van der Waals surface area contributed by atoms with E-state index in [1.807, 2.05) is 19.1 Å². The molecule has 2 N–H and O–H groups in total. The molecule has 1 aliphatic rings. The summed E-state index contributed by atoms with van der Waals surface area (Å²) in [5, 5.41) is 6.32. The number of fused-ring (bicyclic) bond motifs is 1. The molecular formula is C16H21N3O2. The van der Waals surface area contributed by atoms with E-state index in [1.165, 1.54) is 12.8 Å².